The fraction of sp³-hybridized carbons (Fsp3) is 0.278. The standard InChI is InChI=1S/C18H17ClFN3O3/c19-16-11-14(23(25)26)5-6-15(16)18(24)22-9-7-21(8-10-22)12-13-3-1-2-4-17(13)20/h1-6,11H,7-10,12H2. The van der Waals surface area contributed by atoms with E-state index in [2.05, 4.69) is 4.90 Å². The van der Waals surface area contributed by atoms with Gasteiger partial charge in [0, 0.05) is 50.4 Å². The molecule has 3 rings (SSSR count). The van der Waals surface area contributed by atoms with Crippen LogP contribution < -0.4 is 0 Å². The van der Waals surface area contributed by atoms with E-state index in [0.717, 1.165) is 0 Å². The van der Waals surface area contributed by atoms with Crippen LogP contribution in [0.15, 0.2) is 42.5 Å². The molecule has 1 aliphatic heterocycles. The second-order valence-electron chi connectivity index (χ2n) is 6.08. The zero-order valence-electron chi connectivity index (χ0n) is 13.9. The summed E-state index contributed by atoms with van der Waals surface area (Å²) >= 11 is 6.04. The first-order chi connectivity index (χ1) is 12.5. The van der Waals surface area contributed by atoms with Crippen LogP contribution in [0.4, 0.5) is 10.1 Å². The van der Waals surface area contributed by atoms with Gasteiger partial charge in [0.2, 0.25) is 0 Å². The van der Waals surface area contributed by atoms with Gasteiger partial charge >= 0.3 is 0 Å². The number of halogens is 2. The van der Waals surface area contributed by atoms with E-state index < -0.39 is 4.92 Å². The molecule has 0 N–H and O–H groups in total. The second-order valence-corrected chi connectivity index (χ2v) is 6.49. The third-order valence-electron chi connectivity index (χ3n) is 4.41. The van der Waals surface area contributed by atoms with Gasteiger partial charge in [0.05, 0.1) is 15.5 Å². The maximum Gasteiger partial charge on any atom is 0.270 e. The minimum absolute atomic E-state index is 0.0676. The van der Waals surface area contributed by atoms with Crippen LogP contribution >= 0.6 is 11.6 Å². The van der Waals surface area contributed by atoms with E-state index in [4.69, 9.17) is 11.6 Å². The third kappa shape index (κ3) is 4.00. The average Bonchev–Trinajstić information content (AvgIpc) is 2.63. The van der Waals surface area contributed by atoms with Crippen molar-refractivity contribution < 1.29 is 14.1 Å². The Morgan fingerprint density at radius 1 is 1.15 bits per heavy atom. The van der Waals surface area contributed by atoms with E-state index in [1.165, 1.54) is 24.3 Å². The highest BCUT2D eigenvalue weighted by Gasteiger charge is 2.25. The molecule has 8 heteroatoms. The Morgan fingerprint density at radius 3 is 2.46 bits per heavy atom. The van der Waals surface area contributed by atoms with Gasteiger partial charge in [-0.1, -0.05) is 29.8 Å². The van der Waals surface area contributed by atoms with Crippen molar-refractivity contribution in [1.29, 1.82) is 0 Å². The topological polar surface area (TPSA) is 66.7 Å². The number of carbonyl (C=O) groups excluding carboxylic acids is 1. The number of rotatable bonds is 4. The number of hydrogen-bond donors (Lipinski definition) is 0. The van der Waals surface area contributed by atoms with Crippen LogP contribution in [0.5, 0.6) is 0 Å². The molecule has 6 nitrogen and oxygen atoms in total. The molecule has 0 spiro atoms. The molecule has 0 saturated carbocycles. The van der Waals surface area contributed by atoms with E-state index in [1.807, 2.05) is 0 Å². The Hall–Kier alpha value is -2.51. The number of amides is 1. The Balaban J connectivity index is 1.62. The largest absolute Gasteiger partial charge is 0.336 e. The lowest BCUT2D eigenvalue weighted by Crippen LogP contribution is -2.48. The molecule has 0 radical (unpaired) electrons. The summed E-state index contributed by atoms with van der Waals surface area (Å²) in [6.07, 6.45) is 0. The molecular formula is C18H17ClFN3O3. The van der Waals surface area contributed by atoms with Gasteiger partial charge in [-0.2, -0.15) is 0 Å². The summed E-state index contributed by atoms with van der Waals surface area (Å²) in [6, 6.07) is 10.5. The molecule has 2 aromatic carbocycles. The van der Waals surface area contributed by atoms with Crippen molar-refractivity contribution in [2.75, 3.05) is 26.2 Å². The van der Waals surface area contributed by atoms with Crippen LogP contribution in [0.2, 0.25) is 5.02 Å². The number of benzene rings is 2. The first-order valence-corrected chi connectivity index (χ1v) is 8.52. The highest BCUT2D eigenvalue weighted by molar-refractivity contribution is 6.34. The molecule has 1 aliphatic rings. The fourth-order valence-corrected chi connectivity index (χ4v) is 3.19. The van der Waals surface area contributed by atoms with Crippen molar-refractivity contribution in [2.45, 2.75) is 6.54 Å². The molecule has 0 atom stereocenters. The van der Waals surface area contributed by atoms with Crippen molar-refractivity contribution in [2.24, 2.45) is 0 Å². The third-order valence-corrected chi connectivity index (χ3v) is 4.72. The minimum atomic E-state index is -0.554. The van der Waals surface area contributed by atoms with Crippen LogP contribution in [-0.2, 0) is 6.54 Å². The van der Waals surface area contributed by atoms with E-state index in [0.29, 0.717) is 38.3 Å². The van der Waals surface area contributed by atoms with Crippen LogP contribution in [0.1, 0.15) is 15.9 Å². The normalized spacial score (nSPS) is 15.1. The maximum absolute atomic E-state index is 13.8. The maximum atomic E-state index is 13.8. The average molecular weight is 378 g/mol. The summed E-state index contributed by atoms with van der Waals surface area (Å²) in [7, 11) is 0. The van der Waals surface area contributed by atoms with E-state index in [-0.39, 0.29) is 28.0 Å². The zero-order chi connectivity index (χ0) is 18.7. The molecule has 0 bridgehead atoms. The monoisotopic (exact) mass is 377 g/mol. The van der Waals surface area contributed by atoms with Gasteiger partial charge in [-0.3, -0.25) is 19.8 Å². The SMILES string of the molecule is O=C(c1ccc([N+](=O)[O-])cc1Cl)N1CCN(Cc2ccccc2F)CC1. The zero-order valence-corrected chi connectivity index (χ0v) is 14.7. The summed E-state index contributed by atoms with van der Waals surface area (Å²) in [5.74, 6) is -0.487. The van der Waals surface area contributed by atoms with Crippen molar-refractivity contribution in [3.63, 3.8) is 0 Å². The van der Waals surface area contributed by atoms with Crippen LogP contribution in [0.25, 0.3) is 0 Å². The fourth-order valence-electron chi connectivity index (χ4n) is 2.94. The van der Waals surface area contributed by atoms with Gasteiger partial charge in [-0.25, -0.2) is 4.39 Å². The van der Waals surface area contributed by atoms with Crippen molar-refractivity contribution in [3.05, 3.63) is 74.5 Å². The summed E-state index contributed by atoms with van der Waals surface area (Å²) in [5.41, 5.74) is 0.728. The molecule has 0 aromatic heterocycles. The molecule has 2 aromatic rings. The minimum Gasteiger partial charge on any atom is -0.336 e. The summed E-state index contributed by atoms with van der Waals surface area (Å²) in [6.45, 7) is 2.70. The molecular weight excluding hydrogens is 361 g/mol. The molecule has 1 heterocycles. The number of non-ortho nitro benzene ring substituents is 1. The van der Waals surface area contributed by atoms with Gasteiger partial charge < -0.3 is 4.90 Å². The first kappa shape index (κ1) is 18.3. The lowest BCUT2D eigenvalue weighted by molar-refractivity contribution is -0.384. The summed E-state index contributed by atoms with van der Waals surface area (Å²) in [4.78, 5) is 26.6. The van der Waals surface area contributed by atoms with Gasteiger partial charge in [0.15, 0.2) is 0 Å². The Bertz CT molecular complexity index is 838. The molecule has 136 valence electrons. The number of nitro groups is 1. The van der Waals surface area contributed by atoms with Crippen LogP contribution in [-0.4, -0.2) is 46.8 Å². The van der Waals surface area contributed by atoms with E-state index in [9.17, 15) is 19.3 Å². The number of hydrogen-bond acceptors (Lipinski definition) is 4. The lowest BCUT2D eigenvalue weighted by Gasteiger charge is -2.35. The Kier molecular flexibility index (Phi) is 5.49. The molecule has 1 amide bonds. The number of nitrogens with zero attached hydrogens (tertiary/aromatic N) is 3. The van der Waals surface area contributed by atoms with Crippen LogP contribution in [0.3, 0.4) is 0 Å². The van der Waals surface area contributed by atoms with Crippen molar-refractivity contribution in [1.82, 2.24) is 9.80 Å². The molecule has 0 aliphatic carbocycles. The smallest absolute Gasteiger partial charge is 0.270 e. The van der Waals surface area contributed by atoms with E-state index in [1.54, 1.807) is 23.1 Å². The van der Waals surface area contributed by atoms with Crippen LogP contribution in [0, 0.1) is 15.9 Å². The quantitative estimate of drug-likeness (QED) is 0.605. The molecule has 1 fully saturated rings. The lowest BCUT2D eigenvalue weighted by atomic mass is 10.1. The van der Waals surface area contributed by atoms with E-state index >= 15 is 0 Å². The molecule has 26 heavy (non-hydrogen) atoms. The number of carbonyl (C=O) groups is 1. The van der Waals surface area contributed by atoms with Gasteiger partial charge in [-0.05, 0) is 12.1 Å². The van der Waals surface area contributed by atoms with Crippen molar-refractivity contribution in [3.8, 4) is 0 Å². The molecule has 1 saturated heterocycles. The van der Waals surface area contributed by atoms with Gasteiger partial charge in [0.1, 0.15) is 5.82 Å². The summed E-state index contributed by atoms with van der Waals surface area (Å²) < 4.78 is 13.8. The Morgan fingerprint density at radius 2 is 1.85 bits per heavy atom. The Labute approximate surface area is 154 Å². The second kappa shape index (κ2) is 7.80. The van der Waals surface area contributed by atoms with Crippen molar-refractivity contribution >= 4 is 23.2 Å². The predicted molar refractivity (Wildman–Crippen MR) is 95.7 cm³/mol. The molecule has 0 unspecified atom stereocenters. The highest BCUT2D eigenvalue weighted by atomic mass is 35.5. The predicted octanol–water partition coefficient (Wildman–Crippen LogP) is 3.35. The highest BCUT2D eigenvalue weighted by Crippen LogP contribution is 2.24. The summed E-state index contributed by atoms with van der Waals surface area (Å²) in [5, 5.41) is 10.8. The van der Waals surface area contributed by atoms with Gasteiger partial charge in [0.25, 0.3) is 11.6 Å². The number of nitro benzene ring substituents is 1. The number of piperazine rings is 1. The first-order valence-electron chi connectivity index (χ1n) is 8.14. The van der Waals surface area contributed by atoms with Gasteiger partial charge in [-0.15, -0.1) is 0 Å².